The predicted molar refractivity (Wildman–Crippen MR) is 102 cm³/mol. The standard InChI is InChI=1S/C20H22ClN3O/c1-20(2,11-18(22)25)12-19-23-16-5-3-4-6-17(16)24(19)13-14-7-9-15(21)10-8-14/h3-10H,11-13H2,1-2H3,(H2,22,25). The fraction of sp³-hybridized carbons (Fsp3) is 0.300. The molecule has 0 saturated carbocycles. The van der Waals surface area contributed by atoms with Gasteiger partial charge in [0.05, 0.1) is 11.0 Å². The summed E-state index contributed by atoms with van der Waals surface area (Å²) in [6.07, 6.45) is 1.01. The van der Waals surface area contributed by atoms with Gasteiger partial charge in [-0.05, 0) is 35.2 Å². The largest absolute Gasteiger partial charge is 0.370 e. The Hall–Kier alpha value is -2.33. The van der Waals surface area contributed by atoms with Crippen LogP contribution in [-0.4, -0.2) is 15.5 Å². The Bertz CT molecular complexity index is 897. The second kappa shape index (κ2) is 6.89. The Labute approximate surface area is 152 Å². The van der Waals surface area contributed by atoms with Crippen LogP contribution in [0, 0.1) is 5.41 Å². The maximum absolute atomic E-state index is 11.4. The number of imidazole rings is 1. The number of hydrogen-bond donors (Lipinski definition) is 1. The summed E-state index contributed by atoms with van der Waals surface area (Å²) in [6.45, 7) is 4.80. The van der Waals surface area contributed by atoms with E-state index in [9.17, 15) is 4.79 Å². The second-order valence-electron chi connectivity index (χ2n) is 7.21. The van der Waals surface area contributed by atoms with Gasteiger partial charge in [-0.1, -0.05) is 49.7 Å². The summed E-state index contributed by atoms with van der Waals surface area (Å²) in [6, 6.07) is 15.9. The van der Waals surface area contributed by atoms with Crippen LogP contribution >= 0.6 is 11.6 Å². The van der Waals surface area contributed by atoms with Gasteiger partial charge in [0.25, 0.3) is 0 Å². The van der Waals surface area contributed by atoms with Gasteiger partial charge in [0.15, 0.2) is 0 Å². The average molecular weight is 356 g/mol. The lowest BCUT2D eigenvalue weighted by atomic mass is 9.85. The van der Waals surface area contributed by atoms with Crippen molar-refractivity contribution in [3.63, 3.8) is 0 Å². The van der Waals surface area contributed by atoms with E-state index in [1.54, 1.807) is 0 Å². The zero-order valence-electron chi connectivity index (χ0n) is 14.5. The Morgan fingerprint density at radius 3 is 2.52 bits per heavy atom. The lowest BCUT2D eigenvalue weighted by molar-refractivity contribution is -0.119. The van der Waals surface area contributed by atoms with Crippen molar-refractivity contribution in [3.05, 3.63) is 64.9 Å². The number of benzene rings is 2. The van der Waals surface area contributed by atoms with Crippen LogP contribution in [0.3, 0.4) is 0 Å². The Morgan fingerprint density at radius 1 is 1.16 bits per heavy atom. The molecule has 0 spiro atoms. The number of nitrogens with two attached hydrogens (primary N) is 1. The lowest BCUT2D eigenvalue weighted by Crippen LogP contribution is -2.26. The first kappa shape index (κ1) is 17.5. The highest BCUT2D eigenvalue weighted by Gasteiger charge is 2.24. The van der Waals surface area contributed by atoms with Gasteiger partial charge >= 0.3 is 0 Å². The predicted octanol–water partition coefficient (Wildman–Crippen LogP) is 4.18. The zero-order chi connectivity index (χ0) is 18.0. The second-order valence-corrected chi connectivity index (χ2v) is 7.65. The monoisotopic (exact) mass is 355 g/mol. The number of rotatable bonds is 6. The van der Waals surface area contributed by atoms with E-state index < -0.39 is 0 Å². The number of halogens is 1. The number of hydrogen-bond acceptors (Lipinski definition) is 2. The number of primary amides is 1. The number of carbonyl (C=O) groups excluding carboxylic acids is 1. The van der Waals surface area contributed by atoms with E-state index in [0.29, 0.717) is 19.4 Å². The smallest absolute Gasteiger partial charge is 0.217 e. The molecular weight excluding hydrogens is 334 g/mol. The van der Waals surface area contributed by atoms with Crippen molar-refractivity contribution in [1.29, 1.82) is 0 Å². The van der Waals surface area contributed by atoms with Gasteiger partial charge < -0.3 is 10.3 Å². The topological polar surface area (TPSA) is 60.9 Å². The maximum atomic E-state index is 11.4. The summed E-state index contributed by atoms with van der Waals surface area (Å²) >= 11 is 5.99. The number of carbonyl (C=O) groups is 1. The maximum Gasteiger partial charge on any atom is 0.217 e. The highest BCUT2D eigenvalue weighted by Crippen LogP contribution is 2.28. The molecule has 1 amide bonds. The highest BCUT2D eigenvalue weighted by atomic mass is 35.5. The number of amides is 1. The summed E-state index contributed by atoms with van der Waals surface area (Å²) in [7, 11) is 0. The summed E-state index contributed by atoms with van der Waals surface area (Å²) in [5.74, 6) is 0.674. The molecule has 0 radical (unpaired) electrons. The number of nitrogens with zero attached hydrogens (tertiary/aromatic N) is 2. The minimum atomic E-state index is -0.287. The van der Waals surface area contributed by atoms with Gasteiger partial charge in [-0.25, -0.2) is 4.98 Å². The lowest BCUT2D eigenvalue weighted by Gasteiger charge is -2.23. The van der Waals surface area contributed by atoms with Crippen LogP contribution in [0.25, 0.3) is 11.0 Å². The van der Waals surface area contributed by atoms with Gasteiger partial charge in [-0.2, -0.15) is 0 Å². The molecule has 0 aliphatic rings. The van der Waals surface area contributed by atoms with Gasteiger partial charge in [0.2, 0.25) is 5.91 Å². The van der Waals surface area contributed by atoms with E-state index in [4.69, 9.17) is 22.3 Å². The molecule has 0 atom stereocenters. The van der Waals surface area contributed by atoms with E-state index in [1.807, 2.05) is 56.3 Å². The Kier molecular flexibility index (Phi) is 4.82. The van der Waals surface area contributed by atoms with E-state index in [-0.39, 0.29) is 11.3 Å². The highest BCUT2D eigenvalue weighted by molar-refractivity contribution is 6.30. The van der Waals surface area contributed by atoms with Gasteiger partial charge in [-0.3, -0.25) is 4.79 Å². The third-order valence-corrected chi connectivity index (χ3v) is 4.53. The quantitative estimate of drug-likeness (QED) is 0.720. The molecule has 0 fully saturated rings. The molecule has 0 saturated heterocycles. The summed E-state index contributed by atoms with van der Waals surface area (Å²) in [5.41, 5.74) is 8.36. The molecule has 0 unspecified atom stereocenters. The fourth-order valence-corrected chi connectivity index (χ4v) is 3.30. The average Bonchev–Trinajstić information content (AvgIpc) is 2.85. The molecule has 0 aliphatic heterocycles. The van der Waals surface area contributed by atoms with E-state index in [0.717, 1.165) is 27.4 Å². The summed E-state index contributed by atoms with van der Waals surface area (Å²) in [4.78, 5) is 16.2. The molecular formula is C20H22ClN3O. The SMILES string of the molecule is CC(C)(CC(N)=O)Cc1nc2ccccc2n1Cc1ccc(Cl)cc1. The summed E-state index contributed by atoms with van der Waals surface area (Å²) < 4.78 is 2.21. The first-order valence-corrected chi connectivity index (χ1v) is 8.69. The third-order valence-electron chi connectivity index (χ3n) is 4.28. The number of aromatic nitrogens is 2. The number of fused-ring (bicyclic) bond motifs is 1. The first-order valence-electron chi connectivity index (χ1n) is 8.31. The molecule has 25 heavy (non-hydrogen) atoms. The molecule has 5 heteroatoms. The molecule has 1 heterocycles. The van der Waals surface area contributed by atoms with Crippen LogP contribution in [0.5, 0.6) is 0 Å². The van der Waals surface area contributed by atoms with Crippen molar-refractivity contribution < 1.29 is 4.79 Å². The van der Waals surface area contributed by atoms with E-state index in [1.165, 1.54) is 0 Å². The van der Waals surface area contributed by atoms with Crippen molar-refractivity contribution in [2.75, 3.05) is 0 Å². The molecule has 2 N–H and O–H groups in total. The van der Waals surface area contributed by atoms with E-state index in [2.05, 4.69) is 10.6 Å². The summed E-state index contributed by atoms with van der Waals surface area (Å²) in [5, 5.41) is 0.724. The van der Waals surface area contributed by atoms with Gasteiger partial charge in [-0.15, -0.1) is 0 Å². The molecule has 2 aromatic carbocycles. The zero-order valence-corrected chi connectivity index (χ0v) is 15.3. The van der Waals surface area contributed by atoms with Crippen molar-refractivity contribution in [2.45, 2.75) is 33.2 Å². The normalized spacial score (nSPS) is 11.8. The fourth-order valence-electron chi connectivity index (χ4n) is 3.17. The number of para-hydroxylation sites is 2. The van der Waals surface area contributed by atoms with Crippen LogP contribution in [-0.2, 0) is 17.8 Å². The van der Waals surface area contributed by atoms with Crippen molar-refractivity contribution in [3.8, 4) is 0 Å². The van der Waals surface area contributed by atoms with Crippen molar-refractivity contribution in [1.82, 2.24) is 9.55 Å². The molecule has 3 aromatic rings. The van der Waals surface area contributed by atoms with Crippen LogP contribution in [0.1, 0.15) is 31.7 Å². The Morgan fingerprint density at radius 2 is 1.84 bits per heavy atom. The molecule has 4 nitrogen and oxygen atoms in total. The van der Waals surface area contributed by atoms with Crippen LogP contribution in [0.4, 0.5) is 0 Å². The first-order chi connectivity index (χ1) is 11.8. The van der Waals surface area contributed by atoms with E-state index >= 15 is 0 Å². The van der Waals surface area contributed by atoms with Crippen LogP contribution < -0.4 is 5.73 Å². The molecule has 0 bridgehead atoms. The molecule has 1 aromatic heterocycles. The molecule has 0 aliphatic carbocycles. The van der Waals surface area contributed by atoms with Crippen molar-refractivity contribution >= 4 is 28.5 Å². The minimum absolute atomic E-state index is 0.245. The Balaban J connectivity index is 1.99. The van der Waals surface area contributed by atoms with Crippen molar-refractivity contribution in [2.24, 2.45) is 11.1 Å². The molecule has 130 valence electrons. The van der Waals surface area contributed by atoms with Gasteiger partial charge in [0.1, 0.15) is 5.82 Å². The van der Waals surface area contributed by atoms with Gasteiger partial charge in [0, 0.05) is 24.4 Å². The minimum Gasteiger partial charge on any atom is -0.370 e. The van der Waals surface area contributed by atoms with Crippen LogP contribution in [0.2, 0.25) is 5.02 Å². The molecule has 3 rings (SSSR count). The third kappa shape index (κ3) is 4.20. The van der Waals surface area contributed by atoms with Crippen LogP contribution in [0.15, 0.2) is 48.5 Å².